The molecule has 0 aromatic heterocycles. The first kappa shape index (κ1) is 31.1. The van der Waals surface area contributed by atoms with E-state index in [0.717, 1.165) is 44.1 Å². The molecule has 3 saturated carbocycles. The van der Waals surface area contributed by atoms with Crippen molar-refractivity contribution in [3.63, 3.8) is 0 Å². The Bertz CT molecular complexity index is 1110. The number of Topliss-reactive ketones (excluding diaryl/α,β-unsaturated/α-hetero) is 2. The molecular weight excluding hydrogens is 512 g/mol. The summed E-state index contributed by atoms with van der Waals surface area (Å²) in [6.45, 7) is 19.0. The van der Waals surface area contributed by atoms with Crippen LogP contribution in [0, 0.1) is 69.5 Å². The van der Waals surface area contributed by atoms with E-state index in [1.54, 1.807) is 6.92 Å². The van der Waals surface area contributed by atoms with Crippen molar-refractivity contribution >= 4 is 11.6 Å². The number of hydrogen-bond acceptors (Lipinski definition) is 5. The molecule has 14 atom stereocenters. The van der Waals surface area contributed by atoms with Crippen molar-refractivity contribution in [1.82, 2.24) is 0 Å². The van der Waals surface area contributed by atoms with Crippen LogP contribution < -0.4 is 0 Å². The van der Waals surface area contributed by atoms with Gasteiger partial charge in [0, 0.05) is 23.2 Å². The molecule has 0 saturated heterocycles. The first-order valence-electron chi connectivity index (χ1n) is 16.5. The number of hydrogen-bond donors (Lipinski definition) is 2. The van der Waals surface area contributed by atoms with Crippen LogP contribution in [0.4, 0.5) is 0 Å². The second kappa shape index (κ2) is 10.7. The predicted molar refractivity (Wildman–Crippen MR) is 162 cm³/mol. The van der Waals surface area contributed by atoms with Gasteiger partial charge in [-0.25, -0.2) is 0 Å². The molecule has 0 heterocycles. The molecule has 0 amide bonds. The number of carbonyl (C=O) groups is 2. The molecule has 2 N–H and O–H groups in total. The number of carbonyl (C=O) groups excluding carboxylic acids is 2. The Morgan fingerprint density at radius 3 is 2.41 bits per heavy atom. The normalized spacial score (nSPS) is 50.4. The van der Waals surface area contributed by atoms with Gasteiger partial charge >= 0.3 is 0 Å². The Kier molecular flexibility index (Phi) is 8.12. The van der Waals surface area contributed by atoms with Crippen LogP contribution in [-0.2, 0) is 14.3 Å². The van der Waals surface area contributed by atoms with E-state index in [1.807, 2.05) is 13.8 Å². The summed E-state index contributed by atoms with van der Waals surface area (Å²) in [5, 5.41) is 22.7. The number of fused-ring (bicyclic) bond motifs is 3. The summed E-state index contributed by atoms with van der Waals surface area (Å²) in [4.78, 5) is 27.5. The lowest BCUT2D eigenvalue weighted by Crippen LogP contribution is -2.69. The van der Waals surface area contributed by atoms with Crippen LogP contribution in [0.2, 0.25) is 0 Å². The third-order valence-corrected chi connectivity index (χ3v) is 13.2. The third kappa shape index (κ3) is 4.75. The molecule has 0 bridgehead atoms. The number of allylic oxidation sites excluding steroid dienone is 3. The largest absolute Gasteiger partial charge is 0.392 e. The number of rotatable bonds is 5. The first-order valence-corrected chi connectivity index (χ1v) is 16.5. The molecule has 3 fully saturated rings. The van der Waals surface area contributed by atoms with Crippen molar-refractivity contribution in [1.29, 1.82) is 0 Å². The lowest BCUT2D eigenvalue weighted by Gasteiger charge is -2.70. The molecule has 5 aliphatic rings. The first-order chi connectivity index (χ1) is 19.1. The van der Waals surface area contributed by atoms with Crippen molar-refractivity contribution in [3.8, 4) is 0 Å². The lowest BCUT2D eigenvalue weighted by atomic mass is 9.34. The van der Waals surface area contributed by atoms with Crippen molar-refractivity contribution in [2.75, 3.05) is 0 Å². The highest BCUT2D eigenvalue weighted by Crippen LogP contribution is 2.72. The standard InChI is InChI=1S/C36H56O5/c1-19(2)41-33(40)25-12-10-11-24(15-25)26-14-13-20(3)29-27(26)17-34(7)18-35(8)16-21(4)28(23(6)37)32(39)36(35,9)22(5)30(34)31(29)38/h13-15,19-22,24,26-30,32-33,39-40H,10-12,16-18H2,1-9H3. The van der Waals surface area contributed by atoms with E-state index < -0.39 is 17.8 Å². The highest BCUT2D eigenvalue weighted by Gasteiger charge is 2.70. The zero-order valence-electron chi connectivity index (χ0n) is 27.0. The summed E-state index contributed by atoms with van der Waals surface area (Å²) < 4.78 is 5.75. The van der Waals surface area contributed by atoms with Gasteiger partial charge in [-0.05, 0) is 111 Å². The number of aliphatic hydroxyl groups is 2. The van der Waals surface area contributed by atoms with Crippen molar-refractivity contribution in [3.05, 3.63) is 23.8 Å². The maximum Gasteiger partial charge on any atom is 0.177 e. The smallest absolute Gasteiger partial charge is 0.177 e. The van der Waals surface area contributed by atoms with Crippen molar-refractivity contribution < 1.29 is 24.5 Å². The number of aliphatic hydroxyl groups excluding tert-OH is 2. The third-order valence-electron chi connectivity index (χ3n) is 13.2. The van der Waals surface area contributed by atoms with Crippen LogP contribution >= 0.6 is 0 Å². The summed E-state index contributed by atoms with van der Waals surface area (Å²) in [6, 6.07) is 0. The Hall–Kier alpha value is -1.30. The highest BCUT2D eigenvalue weighted by molar-refractivity contribution is 5.87. The molecule has 5 aliphatic carbocycles. The van der Waals surface area contributed by atoms with E-state index in [1.165, 1.54) is 0 Å². The molecule has 5 heteroatoms. The fourth-order valence-electron chi connectivity index (χ4n) is 11.5. The van der Waals surface area contributed by atoms with Crippen molar-refractivity contribution in [2.45, 2.75) is 119 Å². The summed E-state index contributed by atoms with van der Waals surface area (Å²) in [5.74, 6) is 1.07. The molecular formula is C36H56O5. The minimum atomic E-state index is -0.856. The minimum absolute atomic E-state index is 0.00915. The van der Waals surface area contributed by atoms with Crippen molar-refractivity contribution in [2.24, 2.45) is 69.5 Å². The average molecular weight is 569 g/mol. The monoisotopic (exact) mass is 568 g/mol. The minimum Gasteiger partial charge on any atom is -0.392 e. The quantitative estimate of drug-likeness (QED) is 0.283. The van der Waals surface area contributed by atoms with Crippen LogP contribution in [0.25, 0.3) is 0 Å². The van der Waals surface area contributed by atoms with Crippen LogP contribution in [0.5, 0.6) is 0 Å². The molecule has 0 aliphatic heterocycles. The number of ketones is 2. The Morgan fingerprint density at radius 2 is 1.78 bits per heavy atom. The Labute approximate surface area is 248 Å². The highest BCUT2D eigenvalue weighted by atomic mass is 16.6. The fourth-order valence-corrected chi connectivity index (χ4v) is 11.5. The van der Waals surface area contributed by atoms with E-state index >= 15 is 0 Å². The molecule has 230 valence electrons. The molecule has 5 nitrogen and oxygen atoms in total. The molecule has 41 heavy (non-hydrogen) atoms. The van der Waals surface area contributed by atoms with E-state index in [9.17, 15) is 19.8 Å². The molecule has 14 unspecified atom stereocenters. The van der Waals surface area contributed by atoms with Gasteiger partial charge in [0.2, 0.25) is 0 Å². The SMILES string of the molecule is CC(=O)C1C(C)CC2(C)CC3(C)CC4C(C5C=C(C(O)OC(C)C)CCC5)C=CC(C)C4C(=O)C3C(C)C2(C)C1O. The number of ether oxygens (including phenoxy) is 1. The molecule has 5 rings (SSSR count). The second-order valence-corrected chi connectivity index (χ2v) is 16.2. The van der Waals surface area contributed by atoms with Crippen LogP contribution in [0.1, 0.15) is 101 Å². The van der Waals surface area contributed by atoms with Gasteiger partial charge in [-0.2, -0.15) is 0 Å². The molecule has 0 aromatic carbocycles. The van der Waals surface area contributed by atoms with Gasteiger partial charge in [0.15, 0.2) is 6.29 Å². The van der Waals surface area contributed by atoms with E-state index in [2.05, 4.69) is 59.8 Å². The van der Waals surface area contributed by atoms with Gasteiger partial charge in [-0.1, -0.05) is 59.8 Å². The summed E-state index contributed by atoms with van der Waals surface area (Å²) >= 11 is 0. The zero-order chi connectivity index (χ0) is 30.2. The van der Waals surface area contributed by atoms with Gasteiger partial charge in [-0.3, -0.25) is 9.59 Å². The maximum absolute atomic E-state index is 14.8. The Balaban J connectivity index is 1.51. The summed E-state index contributed by atoms with van der Waals surface area (Å²) in [5.41, 5.74) is 0.184. The molecule has 0 aromatic rings. The van der Waals surface area contributed by atoms with E-state index in [-0.39, 0.29) is 70.1 Å². The predicted octanol–water partition coefficient (Wildman–Crippen LogP) is 6.76. The fraction of sp³-hybridized carbons (Fsp3) is 0.833. The van der Waals surface area contributed by atoms with Crippen LogP contribution in [0.15, 0.2) is 23.8 Å². The summed E-state index contributed by atoms with van der Waals surface area (Å²) in [7, 11) is 0. The van der Waals surface area contributed by atoms with Gasteiger partial charge in [-0.15, -0.1) is 0 Å². The second-order valence-electron chi connectivity index (χ2n) is 16.2. The van der Waals surface area contributed by atoms with Gasteiger partial charge in [0.25, 0.3) is 0 Å². The lowest BCUT2D eigenvalue weighted by molar-refractivity contribution is -0.239. The van der Waals surface area contributed by atoms with Crippen LogP contribution in [-0.4, -0.2) is 40.3 Å². The zero-order valence-corrected chi connectivity index (χ0v) is 27.0. The topological polar surface area (TPSA) is 83.8 Å². The van der Waals surface area contributed by atoms with E-state index in [0.29, 0.717) is 11.7 Å². The maximum atomic E-state index is 14.8. The van der Waals surface area contributed by atoms with E-state index in [4.69, 9.17) is 4.74 Å². The molecule has 0 radical (unpaired) electrons. The Morgan fingerprint density at radius 1 is 1.10 bits per heavy atom. The average Bonchev–Trinajstić information content (AvgIpc) is 2.85. The van der Waals surface area contributed by atoms with Gasteiger partial charge in [0.05, 0.1) is 12.2 Å². The van der Waals surface area contributed by atoms with Crippen LogP contribution in [0.3, 0.4) is 0 Å². The summed E-state index contributed by atoms with van der Waals surface area (Å²) in [6.07, 6.45) is 11.1. The van der Waals surface area contributed by atoms with Gasteiger partial charge in [0.1, 0.15) is 11.6 Å². The van der Waals surface area contributed by atoms with Gasteiger partial charge < -0.3 is 14.9 Å². The molecule has 0 spiro atoms.